The molecule has 1 aromatic rings. The summed E-state index contributed by atoms with van der Waals surface area (Å²) in [6.45, 7) is 2.27. The zero-order valence-corrected chi connectivity index (χ0v) is 12.1. The molecule has 0 aliphatic rings. The fourth-order valence-electron chi connectivity index (χ4n) is 2.39. The van der Waals surface area contributed by atoms with Crippen molar-refractivity contribution in [2.45, 2.75) is 70.8 Å². The van der Waals surface area contributed by atoms with Crippen LogP contribution in [0.4, 0.5) is 0 Å². The molecule has 0 saturated heterocycles. The van der Waals surface area contributed by atoms with Gasteiger partial charge in [-0.2, -0.15) is 0 Å². The number of furan rings is 1. The zero-order valence-electron chi connectivity index (χ0n) is 12.1. The highest BCUT2D eigenvalue weighted by molar-refractivity contribution is 5.07. The van der Waals surface area contributed by atoms with Crippen molar-refractivity contribution in [3.63, 3.8) is 0 Å². The van der Waals surface area contributed by atoms with Crippen LogP contribution in [0.5, 0.6) is 0 Å². The van der Waals surface area contributed by atoms with Crippen molar-refractivity contribution in [3.05, 3.63) is 24.2 Å². The van der Waals surface area contributed by atoms with Crippen LogP contribution >= 0.6 is 0 Å². The van der Waals surface area contributed by atoms with E-state index in [0.717, 1.165) is 6.42 Å². The van der Waals surface area contributed by atoms with Gasteiger partial charge in [-0.1, -0.05) is 51.9 Å². The van der Waals surface area contributed by atoms with Gasteiger partial charge in [0.25, 0.3) is 0 Å². The molecule has 2 heteroatoms. The molecule has 0 saturated carbocycles. The second kappa shape index (κ2) is 10.2. The Labute approximate surface area is 112 Å². The third-order valence-corrected chi connectivity index (χ3v) is 3.63. The van der Waals surface area contributed by atoms with E-state index >= 15 is 0 Å². The molecule has 0 aliphatic carbocycles. The topological polar surface area (TPSA) is 25.2 Å². The number of rotatable bonds is 11. The average Bonchev–Trinajstić information content (AvgIpc) is 2.89. The second-order valence-corrected chi connectivity index (χ2v) is 5.23. The Kier molecular flexibility index (Phi) is 8.66. The van der Waals surface area contributed by atoms with Gasteiger partial charge >= 0.3 is 0 Å². The number of unbranched alkanes of at least 4 members (excludes halogenated alkanes) is 6. The van der Waals surface area contributed by atoms with Gasteiger partial charge in [-0.25, -0.2) is 0 Å². The molecule has 1 N–H and O–H groups in total. The lowest BCUT2D eigenvalue weighted by Crippen LogP contribution is -2.27. The molecule has 1 rings (SSSR count). The summed E-state index contributed by atoms with van der Waals surface area (Å²) in [6.07, 6.45) is 15.7. The fraction of sp³-hybridized carbons (Fsp3) is 0.750. The summed E-state index contributed by atoms with van der Waals surface area (Å²) in [6, 6.07) is 2.66. The van der Waals surface area contributed by atoms with Crippen molar-refractivity contribution < 1.29 is 4.42 Å². The van der Waals surface area contributed by atoms with E-state index < -0.39 is 0 Å². The molecule has 2 nitrogen and oxygen atoms in total. The van der Waals surface area contributed by atoms with Gasteiger partial charge in [0.1, 0.15) is 0 Å². The zero-order chi connectivity index (χ0) is 13.1. The first-order valence-electron chi connectivity index (χ1n) is 7.55. The van der Waals surface area contributed by atoms with Crippen LogP contribution < -0.4 is 5.32 Å². The van der Waals surface area contributed by atoms with Crippen LogP contribution in [0.15, 0.2) is 23.0 Å². The Balaban J connectivity index is 2.01. The number of likely N-dealkylation sites (N-methyl/N-ethyl adjacent to an activating group) is 1. The molecule has 0 amide bonds. The van der Waals surface area contributed by atoms with Crippen LogP contribution in [0.25, 0.3) is 0 Å². The van der Waals surface area contributed by atoms with Crippen LogP contribution in [0, 0.1) is 0 Å². The summed E-state index contributed by atoms with van der Waals surface area (Å²) in [5.41, 5.74) is 1.30. The monoisotopic (exact) mass is 251 g/mol. The Hall–Kier alpha value is -0.760. The molecule has 0 fully saturated rings. The van der Waals surface area contributed by atoms with Gasteiger partial charge in [-0.3, -0.25) is 0 Å². The maximum atomic E-state index is 5.11. The first-order valence-corrected chi connectivity index (χ1v) is 7.55. The second-order valence-electron chi connectivity index (χ2n) is 5.23. The minimum Gasteiger partial charge on any atom is -0.472 e. The van der Waals surface area contributed by atoms with Gasteiger partial charge in [0, 0.05) is 6.04 Å². The normalized spacial score (nSPS) is 12.8. The van der Waals surface area contributed by atoms with Crippen molar-refractivity contribution in [1.29, 1.82) is 0 Å². The van der Waals surface area contributed by atoms with Gasteiger partial charge in [0.2, 0.25) is 0 Å². The molecule has 18 heavy (non-hydrogen) atoms. The molecule has 1 unspecified atom stereocenters. The van der Waals surface area contributed by atoms with Gasteiger partial charge in [-0.05, 0) is 31.5 Å². The molecule has 1 aromatic heterocycles. The van der Waals surface area contributed by atoms with E-state index in [9.17, 15) is 0 Å². The van der Waals surface area contributed by atoms with Crippen molar-refractivity contribution >= 4 is 0 Å². The van der Waals surface area contributed by atoms with Gasteiger partial charge in [-0.15, -0.1) is 0 Å². The van der Waals surface area contributed by atoms with E-state index in [1.54, 1.807) is 6.26 Å². The van der Waals surface area contributed by atoms with Crippen LogP contribution in [0.2, 0.25) is 0 Å². The molecule has 0 aromatic carbocycles. The lowest BCUT2D eigenvalue weighted by atomic mass is 10.0. The third-order valence-electron chi connectivity index (χ3n) is 3.63. The fourth-order valence-corrected chi connectivity index (χ4v) is 2.39. The summed E-state index contributed by atoms with van der Waals surface area (Å²) in [7, 11) is 2.06. The maximum Gasteiger partial charge on any atom is 0.0935 e. The lowest BCUT2D eigenvalue weighted by molar-refractivity contribution is 0.475. The number of hydrogen-bond acceptors (Lipinski definition) is 2. The maximum absolute atomic E-state index is 5.11. The molecule has 0 spiro atoms. The lowest BCUT2D eigenvalue weighted by Gasteiger charge is -2.14. The van der Waals surface area contributed by atoms with Crippen molar-refractivity contribution in [2.75, 3.05) is 7.05 Å². The van der Waals surface area contributed by atoms with Gasteiger partial charge in [0.15, 0.2) is 0 Å². The van der Waals surface area contributed by atoms with Crippen molar-refractivity contribution in [3.8, 4) is 0 Å². The first-order chi connectivity index (χ1) is 8.86. The minimum absolute atomic E-state index is 0.596. The van der Waals surface area contributed by atoms with E-state index in [0.29, 0.717) is 6.04 Å². The molecule has 104 valence electrons. The Bertz CT molecular complexity index is 269. The highest BCUT2D eigenvalue weighted by atomic mass is 16.3. The SMILES string of the molecule is CCCCCCCCCC(Cc1ccoc1)NC. The highest BCUT2D eigenvalue weighted by Gasteiger charge is 2.07. The third kappa shape index (κ3) is 6.85. The summed E-state index contributed by atoms with van der Waals surface area (Å²) in [5, 5.41) is 3.41. The molecular weight excluding hydrogens is 222 g/mol. The first kappa shape index (κ1) is 15.3. The van der Waals surface area contributed by atoms with Crippen molar-refractivity contribution in [1.82, 2.24) is 5.32 Å². The van der Waals surface area contributed by atoms with Crippen LogP contribution in [0.3, 0.4) is 0 Å². The average molecular weight is 251 g/mol. The Morgan fingerprint density at radius 2 is 1.83 bits per heavy atom. The largest absolute Gasteiger partial charge is 0.472 e. The summed E-state index contributed by atoms with van der Waals surface area (Å²) in [5.74, 6) is 0. The molecule has 0 bridgehead atoms. The van der Waals surface area contributed by atoms with E-state index in [4.69, 9.17) is 4.42 Å². The summed E-state index contributed by atoms with van der Waals surface area (Å²) < 4.78 is 5.11. The summed E-state index contributed by atoms with van der Waals surface area (Å²) >= 11 is 0. The van der Waals surface area contributed by atoms with Gasteiger partial charge in [0.05, 0.1) is 12.5 Å². The molecule has 1 atom stereocenters. The van der Waals surface area contributed by atoms with Crippen LogP contribution in [-0.2, 0) is 6.42 Å². The number of hydrogen-bond donors (Lipinski definition) is 1. The smallest absolute Gasteiger partial charge is 0.0935 e. The quantitative estimate of drug-likeness (QED) is 0.584. The predicted octanol–water partition coefficient (Wildman–Crippen LogP) is 4.55. The molecule has 0 radical (unpaired) electrons. The Morgan fingerprint density at radius 1 is 1.11 bits per heavy atom. The van der Waals surface area contributed by atoms with Crippen LogP contribution in [0.1, 0.15) is 63.9 Å². The predicted molar refractivity (Wildman–Crippen MR) is 77.9 cm³/mol. The standard InChI is InChI=1S/C16H29NO/c1-3-4-5-6-7-8-9-10-16(17-2)13-15-11-12-18-14-15/h11-12,14,16-17H,3-10,13H2,1-2H3. The van der Waals surface area contributed by atoms with Gasteiger partial charge < -0.3 is 9.73 Å². The Morgan fingerprint density at radius 3 is 2.44 bits per heavy atom. The van der Waals surface area contributed by atoms with E-state index in [-0.39, 0.29) is 0 Å². The van der Waals surface area contributed by atoms with E-state index in [2.05, 4.69) is 25.4 Å². The van der Waals surface area contributed by atoms with Crippen LogP contribution in [-0.4, -0.2) is 13.1 Å². The van der Waals surface area contributed by atoms with E-state index in [1.807, 2.05) is 6.26 Å². The molecule has 1 heterocycles. The highest BCUT2D eigenvalue weighted by Crippen LogP contribution is 2.12. The van der Waals surface area contributed by atoms with Crippen molar-refractivity contribution in [2.24, 2.45) is 0 Å². The molecule has 0 aliphatic heterocycles. The van der Waals surface area contributed by atoms with E-state index in [1.165, 1.54) is 56.9 Å². The minimum atomic E-state index is 0.596. The molecular formula is C16H29NO. The number of nitrogens with one attached hydrogen (secondary N) is 1. The summed E-state index contributed by atoms with van der Waals surface area (Å²) in [4.78, 5) is 0.